The number of nitrogens with one attached hydrogen (secondary N) is 1. The minimum atomic E-state index is 0.601. The van der Waals surface area contributed by atoms with E-state index < -0.39 is 0 Å². The molecular weight excluding hydrogens is 232 g/mol. The predicted molar refractivity (Wildman–Crippen MR) is 82.2 cm³/mol. The first-order valence-corrected chi connectivity index (χ1v) is 7.82. The molecule has 2 nitrogen and oxygen atoms in total. The van der Waals surface area contributed by atoms with Crippen LogP contribution in [0.2, 0.25) is 0 Å². The molecule has 1 aromatic carbocycles. The number of hydrogen-bond donors (Lipinski definition) is 1. The molecule has 0 bridgehead atoms. The van der Waals surface area contributed by atoms with Gasteiger partial charge in [-0.15, -0.1) is 0 Å². The summed E-state index contributed by atoms with van der Waals surface area (Å²) in [7, 11) is 0. The van der Waals surface area contributed by atoms with Crippen LogP contribution in [0.15, 0.2) is 30.3 Å². The Morgan fingerprint density at radius 2 is 2.05 bits per heavy atom. The van der Waals surface area contributed by atoms with Crippen LogP contribution in [0, 0.1) is 0 Å². The zero-order valence-corrected chi connectivity index (χ0v) is 12.4. The Kier molecular flexibility index (Phi) is 5.87. The SMILES string of the molecule is CCCNC(C)C1CCCCN1Cc1ccccc1. The number of benzene rings is 1. The van der Waals surface area contributed by atoms with Gasteiger partial charge < -0.3 is 5.32 Å². The summed E-state index contributed by atoms with van der Waals surface area (Å²) in [6, 6.07) is 12.2. The molecule has 2 atom stereocenters. The zero-order chi connectivity index (χ0) is 13.5. The molecular formula is C17H28N2. The van der Waals surface area contributed by atoms with Gasteiger partial charge in [0.05, 0.1) is 0 Å². The van der Waals surface area contributed by atoms with Crippen LogP contribution in [-0.2, 0) is 6.54 Å². The highest BCUT2D eigenvalue weighted by Crippen LogP contribution is 2.22. The maximum absolute atomic E-state index is 3.68. The molecule has 1 fully saturated rings. The first-order valence-electron chi connectivity index (χ1n) is 7.82. The maximum Gasteiger partial charge on any atom is 0.0250 e. The van der Waals surface area contributed by atoms with Gasteiger partial charge >= 0.3 is 0 Å². The Bertz CT molecular complexity index is 350. The van der Waals surface area contributed by atoms with Crippen molar-refractivity contribution in [2.24, 2.45) is 0 Å². The largest absolute Gasteiger partial charge is 0.313 e. The second-order valence-electron chi connectivity index (χ2n) is 5.76. The van der Waals surface area contributed by atoms with Crippen LogP contribution < -0.4 is 5.32 Å². The molecule has 1 aliphatic heterocycles. The summed E-state index contributed by atoms with van der Waals surface area (Å²) in [4.78, 5) is 2.67. The van der Waals surface area contributed by atoms with E-state index in [9.17, 15) is 0 Å². The summed E-state index contributed by atoms with van der Waals surface area (Å²) >= 11 is 0. The molecule has 1 saturated heterocycles. The molecule has 2 unspecified atom stereocenters. The van der Waals surface area contributed by atoms with Crippen molar-refractivity contribution in [2.45, 2.75) is 58.2 Å². The standard InChI is InChI=1S/C17H28N2/c1-3-12-18-15(2)17-11-7-8-13-19(17)14-16-9-5-4-6-10-16/h4-6,9-10,15,17-18H,3,7-8,11-14H2,1-2H3. The van der Waals surface area contributed by atoms with Crippen molar-refractivity contribution < 1.29 is 0 Å². The van der Waals surface area contributed by atoms with Crippen molar-refractivity contribution in [1.29, 1.82) is 0 Å². The fraction of sp³-hybridized carbons (Fsp3) is 0.647. The molecule has 0 aromatic heterocycles. The molecule has 2 rings (SSSR count). The van der Waals surface area contributed by atoms with Gasteiger partial charge in [0.15, 0.2) is 0 Å². The Hall–Kier alpha value is -0.860. The molecule has 0 saturated carbocycles. The Balaban J connectivity index is 1.95. The quantitative estimate of drug-likeness (QED) is 0.843. The Morgan fingerprint density at radius 1 is 1.26 bits per heavy atom. The normalized spacial score (nSPS) is 22.3. The van der Waals surface area contributed by atoms with Gasteiger partial charge in [0.2, 0.25) is 0 Å². The maximum atomic E-state index is 3.68. The van der Waals surface area contributed by atoms with E-state index in [-0.39, 0.29) is 0 Å². The highest BCUT2D eigenvalue weighted by Gasteiger charge is 2.26. The summed E-state index contributed by atoms with van der Waals surface area (Å²) in [5.74, 6) is 0. The highest BCUT2D eigenvalue weighted by molar-refractivity contribution is 5.14. The van der Waals surface area contributed by atoms with Crippen LogP contribution in [0.4, 0.5) is 0 Å². The number of hydrogen-bond acceptors (Lipinski definition) is 2. The second kappa shape index (κ2) is 7.66. The van der Waals surface area contributed by atoms with Gasteiger partial charge in [0.25, 0.3) is 0 Å². The third kappa shape index (κ3) is 4.32. The number of rotatable bonds is 6. The van der Waals surface area contributed by atoms with Crippen LogP contribution in [0.3, 0.4) is 0 Å². The average molecular weight is 260 g/mol. The lowest BCUT2D eigenvalue weighted by atomic mass is 9.95. The third-order valence-corrected chi connectivity index (χ3v) is 4.19. The van der Waals surface area contributed by atoms with Crippen LogP contribution >= 0.6 is 0 Å². The first kappa shape index (κ1) is 14.5. The van der Waals surface area contributed by atoms with E-state index in [0.717, 1.165) is 13.1 Å². The molecule has 19 heavy (non-hydrogen) atoms. The van der Waals surface area contributed by atoms with Crippen LogP contribution in [0.5, 0.6) is 0 Å². The summed E-state index contributed by atoms with van der Waals surface area (Å²) in [5, 5.41) is 3.68. The van der Waals surface area contributed by atoms with E-state index in [1.165, 1.54) is 37.8 Å². The average Bonchev–Trinajstić information content (AvgIpc) is 2.46. The molecule has 1 heterocycles. The third-order valence-electron chi connectivity index (χ3n) is 4.19. The van der Waals surface area contributed by atoms with Crippen molar-refractivity contribution >= 4 is 0 Å². The second-order valence-corrected chi connectivity index (χ2v) is 5.76. The van der Waals surface area contributed by atoms with Crippen LogP contribution in [0.25, 0.3) is 0 Å². The predicted octanol–water partition coefficient (Wildman–Crippen LogP) is 3.43. The molecule has 106 valence electrons. The van der Waals surface area contributed by atoms with Crippen molar-refractivity contribution in [3.05, 3.63) is 35.9 Å². The van der Waals surface area contributed by atoms with E-state index in [4.69, 9.17) is 0 Å². The molecule has 1 N–H and O–H groups in total. The topological polar surface area (TPSA) is 15.3 Å². The minimum absolute atomic E-state index is 0.601. The van der Waals surface area contributed by atoms with Crippen LogP contribution in [0.1, 0.15) is 45.1 Å². The fourth-order valence-corrected chi connectivity index (χ4v) is 3.11. The summed E-state index contributed by atoms with van der Waals surface area (Å²) in [5.41, 5.74) is 1.44. The fourth-order valence-electron chi connectivity index (χ4n) is 3.11. The van der Waals surface area contributed by atoms with E-state index in [1.54, 1.807) is 0 Å². The van der Waals surface area contributed by atoms with Crippen molar-refractivity contribution in [3.63, 3.8) is 0 Å². The molecule has 1 aromatic rings. The van der Waals surface area contributed by atoms with Gasteiger partial charge in [-0.3, -0.25) is 4.90 Å². The minimum Gasteiger partial charge on any atom is -0.313 e. The van der Waals surface area contributed by atoms with Crippen molar-refractivity contribution in [2.75, 3.05) is 13.1 Å². The lowest BCUT2D eigenvalue weighted by molar-refractivity contribution is 0.112. The molecule has 0 aliphatic carbocycles. The van der Waals surface area contributed by atoms with Gasteiger partial charge in [0.1, 0.15) is 0 Å². The lowest BCUT2D eigenvalue weighted by Gasteiger charge is -2.39. The summed E-state index contributed by atoms with van der Waals surface area (Å²) in [6.07, 6.45) is 5.29. The van der Waals surface area contributed by atoms with Gasteiger partial charge in [-0.25, -0.2) is 0 Å². The lowest BCUT2D eigenvalue weighted by Crippen LogP contribution is -2.50. The Morgan fingerprint density at radius 3 is 2.79 bits per heavy atom. The van der Waals surface area contributed by atoms with E-state index in [1.807, 2.05) is 0 Å². The van der Waals surface area contributed by atoms with E-state index in [2.05, 4.69) is 54.4 Å². The van der Waals surface area contributed by atoms with E-state index >= 15 is 0 Å². The molecule has 0 spiro atoms. The smallest absolute Gasteiger partial charge is 0.0250 e. The number of likely N-dealkylation sites (tertiary alicyclic amines) is 1. The number of piperidine rings is 1. The van der Waals surface area contributed by atoms with Gasteiger partial charge in [-0.2, -0.15) is 0 Å². The summed E-state index contributed by atoms with van der Waals surface area (Å²) < 4.78 is 0. The monoisotopic (exact) mass is 260 g/mol. The van der Waals surface area contributed by atoms with Gasteiger partial charge in [0, 0.05) is 18.6 Å². The molecule has 0 radical (unpaired) electrons. The van der Waals surface area contributed by atoms with Crippen molar-refractivity contribution in [1.82, 2.24) is 10.2 Å². The Labute approximate surface area is 118 Å². The zero-order valence-electron chi connectivity index (χ0n) is 12.4. The first-order chi connectivity index (χ1) is 9.31. The molecule has 0 amide bonds. The van der Waals surface area contributed by atoms with Crippen LogP contribution in [-0.4, -0.2) is 30.1 Å². The molecule has 1 aliphatic rings. The number of nitrogens with zero attached hydrogens (tertiary/aromatic N) is 1. The van der Waals surface area contributed by atoms with Gasteiger partial charge in [-0.05, 0) is 44.8 Å². The van der Waals surface area contributed by atoms with Crippen molar-refractivity contribution in [3.8, 4) is 0 Å². The van der Waals surface area contributed by atoms with Gasteiger partial charge in [-0.1, -0.05) is 43.7 Å². The summed E-state index contributed by atoms with van der Waals surface area (Å²) in [6.45, 7) is 8.07. The highest BCUT2D eigenvalue weighted by atomic mass is 15.2. The van der Waals surface area contributed by atoms with E-state index in [0.29, 0.717) is 12.1 Å². The molecule has 2 heteroatoms.